The largest absolute Gasteiger partial charge is 0.491 e. The Morgan fingerprint density at radius 1 is 1.07 bits per heavy atom. The molecule has 0 fully saturated rings. The van der Waals surface area contributed by atoms with Crippen molar-refractivity contribution in [3.8, 4) is 17.6 Å². The molecular formula is C32H29F3N4O6. The summed E-state index contributed by atoms with van der Waals surface area (Å²) in [6.45, 7) is 3.25. The second-order valence-corrected chi connectivity index (χ2v) is 10.2. The SMILES string of the molecule is CC(C)N1C(=O)CN(C(CC(=O)OC(=O)C(F)(F)F)c2ccccc2)C(=O)c2cc(C#CCCOc3cccnc3N)ccc21. The standard InChI is InChI=1S/C32H29F3N4O6/c1-20(2)39-24-14-13-21(9-6-7-16-44-26-12-8-15-37-29(26)36)17-23(24)30(42)38(19-27(39)40)25(22-10-4-3-5-11-22)18-28(41)45-31(43)32(33,34)35/h3-5,8,10-15,17,20,25H,7,16,18-19H2,1-2H3,(H2,36,37). The fourth-order valence-corrected chi connectivity index (χ4v) is 4.74. The highest BCUT2D eigenvalue weighted by Crippen LogP contribution is 2.34. The van der Waals surface area contributed by atoms with Crippen molar-refractivity contribution in [2.45, 2.75) is 44.9 Å². The quantitative estimate of drug-likeness (QED) is 0.169. The van der Waals surface area contributed by atoms with E-state index in [0.717, 1.165) is 4.90 Å². The van der Waals surface area contributed by atoms with Crippen LogP contribution in [0.4, 0.5) is 24.7 Å². The molecule has 1 aliphatic heterocycles. The number of carbonyl (C=O) groups excluding carboxylic acids is 4. The summed E-state index contributed by atoms with van der Waals surface area (Å²) in [4.78, 5) is 58.0. The maximum absolute atomic E-state index is 14.1. The van der Waals surface area contributed by atoms with Gasteiger partial charge in [-0.2, -0.15) is 13.2 Å². The van der Waals surface area contributed by atoms with E-state index in [9.17, 15) is 32.3 Å². The topological polar surface area (TPSA) is 132 Å². The number of nitrogens with two attached hydrogens (primary N) is 1. The van der Waals surface area contributed by atoms with Gasteiger partial charge in [-0.15, -0.1) is 0 Å². The molecule has 2 heterocycles. The summed E-state index contributed by atoms with van der Waals surface area (Å²) >= 11 is 0. The highest BCUT2D eigenvalue weighted by atomic mass is 19.4. The molecule has 10 nitrogen and oxygen atoms in total. The van der Waals surface area contributed by atoms with Crippen molar-refractivity contribution in [3.05, 3.63) is 83.6 Å². The lowest BCUT2D eigenvalue weighted by Crippen LogP contribution is -2.44. The van der Waals surface area contributed by atoms with Crippen LogP contribution in [-0.4, -0.2) is 59.0 Å². The second kappa shape index (κ2) is 13.9. The number of pyridine rings is 1. The van der Waals surface area contributed by atoms with E-state index >= 15 is 0 Å². The lowest BCUT2D eigenvalue weighted by atomic mass is 10.00. The first-order chi connectivity index (χ1) is 21.4. The Morgan fingerprint density at radius 2 is 1.80 bits per heavy atom. The molecule has 0 saturated carbocycles. The van der Waals surface area contributed by atoms with Crippen LogP contribution in [-0.2, 0) is 19.1 Å². The van der Waals surface area contributed by atoms with Gasteiger partial charge in [-0.25, -0.2) is 9.78 Å². The average molecular weight is 623 g/mol. The van der Waals surface area contributed by atoms with E-state index in [4.69, 9.17) is 10.5 Å². The zero-order valence-corrected chi connectivity index (χ0v) is 24.3. The van der Waals surface area contributed by atoms with Crippen LogP contribution in [0.15, 0.2) is 66.9 Å². The molecule has 1 aromatic heterocycles. The number of alkyl halides is 3. The number of carbonyl (C=O) groups is 4. The van der Waals surface area contributed by atoms with Gasteiger partial charge in [-0.05, 0) is 49.7 Å². The number of esters is 2. The average Bonchev–Trinajstić information content (AvgIpc) is 3.10. The summed E-state index contributed by atoms with van der Waals surface area (Å²) in [5.74, 6) is 1.27. The Morgan fingerprint density at radius 3 is 2.47 bits per heavy atom. The lowest BCUT2D eigenvalue weighted by molar-refractivity contribution is -0.202. The van der Waals surface area contributed by atoms with Crippen molar-refractivity contribution in [2.75, 3.05) is 23.8 Å². The number of aromatic nitrogens is 1. The molecule has 4 rings (SSSR count). The van der Waals surface area contributed by atoms with Crippen molar-refractivity contribution < 1.29 is 41.8 Å². The minimum absolute atomic E-state index is 0.0985. The van der Waals surface area contributed by atoms with Gasteiger partial charge in [0, 0.05) is 24.2 Å². The van der Waals surface area contributed by atoms with E-state index in [2.05, 4.69) is 21.6 Å². The van der Waals surface area contributed by atoms with E-state index in [1.807, 2.05) is 0 Å². The van der Waals surface area contributed by atoms with Gasteiger partial charge in [0.05, 0.1) is 30.3 Å². The van der Waals surface area contributed by atoms with E-state index < -0.39 is 48.9 Å². The first kappa shape index (κ1) is 32.5. The molecule has 0 aliphatic carbocycles. The second-order valence-electron chi connectivity index (χ2n) is 10.2. The summed E-state index contributed by atoms with van der Waals surface area (Å²) in [5, 5.41) is 0. The number of benzene rings is 2. The van der Waals surface area contributed by atoms with Crippen LogP contribution < -0.4 is 15.4 Å². The molecule has 2 amide bonds. The summed E-state index contributed by atoms with van der Waals surface area (Å²) in [5.41, 5.74) is 6.98. The van der Waals surface area contributed by atoms with Crippen LogP contribution in [0, 0.1) is 11.8 Å². The fraction of sp³-hybridized carbons (Fsp3) is 0.281. The molecular weight excluding hydrogens is 593 g/mol. The van der Waals surface area contributed by atoms with E-state index in [1.165, 1.54) is 11.0 Å². The number of rotatable bonds is 8. The Bertz CT molecular complexity index is 1650. The number of halogens is 3. The maximum Gasteiger partial charge on any atom is 0.491 e. The van der Waals surface area contributed by atoms with Gasteiger partial charge >= 0.3 is 18.1 Å². The zero-order valence-electron chi connectivity index (χ0n) is 24.3. The summed E-state index contributed by atoms with van der Waals surface area (Å²) < 4.78 is 47.9. The van der Waals surface area contributed by atoms with Crippen LogP contribution in [0.3, 0.4) is 0 Å². The molecule has 0 radical (unpaired) electrons. The third kappa shape index (κ3) is 7.97. The molecule has 1 unspecified atom stereocenters. The Balaban J connectivity index is 1.65. The van der Waals surface area contributed by atoms with Gasteiger partial charge in [0.15, 0.2) is 11.6 Å². The van der Waals surface area contributed by atoms with Crippen molar-refractivity contribution in [2.24, 2.45) is 0 Å². The zero-order chi connectivity index (χ0) is 32.7. The van der Waals surface area contributed by atoms with Crippen LogP contribution in [0.2, 0.25) is 0 Å². The fourth-order valence-electron chi connectivity index (χ4n) is 4.74. The molecule has 0 spiro atoms. The number of ether oxygens (including phenoxy) is 2. The Kier molecular flexibility index (Phi) is 10.1. The Hall–Kier alpha value is -5.38. The van der Waals surface area contributed by atoms with Crippen molar-refractivity contribution >= 4 is 35.3 Å². The molecule has 3 aromatic rings. The smallest absolute Gasteiger partial charge is 0.489 e. The lowest BCUT2D eigenvalue weighted by Gasteiger charge is -2.30. The van der Waals surface area contributed by atoms with E-state index in [0.29, 0.717) is 29.0 Å². The van der Waals surface area contributed by atoms with Gasteiger partial charge < -0.3 is 25.0 Å². The Labute approximate surface area is 256 Å². The first-order valence-electron chi connectivity index (χ1n) is 13.8. The van der Waals surface area contributed by atoms with Crippen molar-refractivity contribution in [1.29, 1.82) is 0 Å². The van der Waals surface area contributed by atoms with Crippen molar-refractivity contribution in [1.82, 2.24) is 9.88 Å². The number of hydrogen-bond acceptors (Lipinski definition) is 8. The molecule has 13 heteroatoms. The third-order valence-corrected chi connectivity index (χ3v) is 6.71. The molecule has 2 aromatic carbocycles. The number of amides is 2. The number of nitrogen functional groups attached to an aromatic ring is 1. The van der Waals surface area contributed by atoms with Gasteiger partial charge in [-0.1, -0.05) is 42.2 Å². The van der Waals surface area contributed by atoms with Crippen LogP contribution >= 0.6 is 0 Å². The van der Waals surface area contributed by atoms with Gasteiger partial charge in [0.2, 0.25) is 5.91 Å². The predicted molar refractivity (Wildman–Crippen MR) is 157 cm³/mol. The minimum atomic E-state index is -5.39. The highest BCUT2D eigenvalue weighted by molar-refractivity contribution is 6.10. The van der Waals surface area contributed by atoms with Crippen LogP contribution in [0.5, 0.6) is 5.75 Å². The third-order valence-electron chi connectivity index (χ3n) is 6.71. The van der Waals surface area contributed by atoms with Gasteiger partial charge in [-0.3, -0.25) is 14.4 Å². The molecule has 0 saturated heterocycles. The summed E-state index contributed by atoms with van der Waals surface area (Å²) in [7, 11) is 0. The number of hydrogen-bond donors (Lipinski definition) is 1. The van der Waals surface area contributed by atoms with Crippen molar-refractivity contribution in [3.63, 3.8) is 0 Å². The molecule has 45 heavy (non-hydrogen) atoms. The predicted octanol–water partition coefficient (Wildman–Crippen LogP) is 4.45. The highest BCUT2D eigenvalue weighted by Gasteiger charge is 2.43. The van der Waals surface area contributed by atoms with Crippen LogP contribution in [0.1, 0.15) is 54.2 Å². The number of nitrogens with zero attached hydrogens (tertiary/aromatic N) is 3. The van der Waals surface area contributed by atoms with Crippen LogP contribution in [0.25, 0.3) is 0 Å². The van der Waals surface area contributed by atoms with Gasteiger partial charge in [0.25, 0.3) is 5.91 Å². The normalized spacial score (nSPS) is 13.8. The summed E-state index contributed by atoms with van der Waals surface area (Å²) in [6.07, 6.45) is -4.35. The van der Waals surface area contributed by atoms with Gasteiger partial charge in [0.1, 0.15) is 6.54 Å². The summed E-state index contributed by atoms with van der Waals surface area (Å²) in [6, 6.07) is 14.5. The molecule has 1 aliphatic rings. The molecule has 0 bridgehead atoms. The number of anilines is 2. The molecule has 1 atom stereocenters. The number of fused-ring (bicyclic) bond motifs is 1. The minimum Gasteiger partial charge on any atom is -0.489 e. The van der Waals surface area contributed by atoms with E-state index in [1.54, 1.807) is 74.6 Å². The maximum atomic E-state index is 14.1. The first-order valence-corrected chi connectivity index (χ1v) is 13.8. The molecule has 234 valence electrons. The monoisotopic (exact) mass is 622 g/mol. The van der Waals surface area contributed by atoms with E-state index in [-0.39, 0.29) is 24.0 Å². The molecule has 2 N–H and O–H groups in total.